The summed E-state index contributed by atoms with van der Waals surface area (Å²) in [6, 6.07) is 5.49. The number of nitrogens with zero attached hydrogens (tertiary/aromatic N) is 2. The van der Waals surface area contributed by atoms with E-state index in [1.165, 1.54) is 24.3 Å². The number of hydrogen-bond donors (Lipinski definition) is 0. The van der Waals surface area contributed by atoms with Crippen molar-refractivity contribution in [3.05, 3.63) is 34.4 Å². The molecule has 7 nitrogen and oxygen atoms in total. The van der Waals surface area contributed by atoms with E-state index < -0.39 is 22.2 Å². The largest absolute Gasteiger partial charge is 0.442 e. The summed E-state index contributed by atoms with van der Waals surface area (Å²) in [6.45, 7) is 10.6. The molecule has 0 spiro atoms. The van der Waals surface area contributed by atoms with Gasteiger partial charge in [0.25, 0.3) is 5.69 Å². The van der Waals surface area contributed by atoms with Gasteiger partial charge in [0.2, 0.25) is 0 Å². The number of rotatable bonds is 3. The lowest BCUT2D eigenvalue weighted by molar-refractivity contribution is -0.384. The van der Waals surface area contributed by atoms with Crippen molar-refractivity contribution in [2.75, 3.05) is 5.06 Å². The van der Waals surface area contributed by atoms with Crippen LogP contribution in [0.1, 0.15) is 41.5 Å². The molecule has 7 heteroatoms. The van der Waals surface area contributed by atoms with Crippen molar-refractivity contribution < 1.29 is 19.3 Å². The van der Waals surface area contributed by atoms with Crippen molar-refractivity contribution in [1.29, 1.82) is 0 Å². The van der Waals surface area contributed by atoms with Crippen molar-refractivity contribution >= 4 is 17.5 Å². The highest BCUT2D eigenvalue weighted by Gasteiger charge is 2.28. The van der Waals surface area contributed by atoms with Crippen LogP contribution in [0.3, 0.4) is 0 Å². The number of amides is 1. The molecule has 0 radical (unpaired) electrons. The van der Waals surface area contributed by atoms with E-state index in [4.69, 9.17) is 9.57 Å². The lowest BCUT2D eigenvalue weighted by Gasteiger charge is -2.31. The first kappa shape index (κ1) is 17.9. The zero-order valence-electron chi connectivity index (χ0n) is 13.7. The van der Waals surface area contributed by atoms with Gasteiger partial charge in [-0.05, 0) is 53.7 Å². The molecule has 0 unspecified atom stereocenters. The molecule has 0 aromatic heterocycles. The monoisotopic (exact) mass is 310 g/mol. The highest BCUT2D eigenvalue weighted by molar-refractivity contribution is 5.85. The number of non-ortho nitro benzene ring substituents is 1. The maximum absolute atomic E-state index is 12.3. The Morgan fingerprint density at radius 1 is 1.05 bits per heavy atom. The Morgan fingerprint density at radius 3 is 1.91 bits per heavy atom. The first-order valence-corrected chi connectivity index (χ1v) is 6.86. The third-order valence-electron chi connectivity index (χ3n) is 2.22. The first-order valence-electron chi connectivity index (χ1n) is 6.86. The van der Waals surface area contributed by atoms with Crippen LogP contribution in [0.25, 0.3) is 0 Å². The molecule has 0 fully saturated rings. The molecule has 0 saturated heterocycles. The molecule has 0 saturated carbocycles. The summed E-state index contributed by atoms with van der Waals surface area (Å²) in [5, 5.41) is 11.7. The number of carbonyl (C=O) groups excluding carboxylic acids is 1. The Bertz CT molecular complexity index is 541. The van der Waals surface area contributed by atoms with Crippen molar-refractivity contribution in [2.24, 2.45) is 0 Å². The minimum absolute atomic E-state index is 0.0661. The predicted octanol–water partition coefficient (Wildman–Crippen LogP) is 4.07. The Labute approximate surface area is 129 Å². The van der Waals surface area contributed by atoms with Crippen LogP contribution < -0.4 is 5.06 Å². The zero-order chi connectivity index (χ0) is 17.1. The Morgan fingerprint density at radius 2 is 1.55 bits per heavy atom. The average Bonchev–Trinajstić information content (AvgIpc) is 2.33. The Kier molecular flexibility index (Phi) is 5.13. The lowest BCUT2D eigenvalue weighted by atomic mass is 10.2. The van der Waals surface area contributed by atoms with Gasteiger partial charge >= 0.3 is 6.09 Å². The van der Waals surface area contributed by atoms with E-state index in [2.05, 4.69) is 0 Å². The summed E-state index contributed by atoms with van der Waals surface area (Å²) >= 11 is 0. The number of benzene rings is 1. The number of nitro benzene ring substituents is 1. The zero-order valence-corrected chi connectivity index (χ0v) is 13.7. The first-order chi connectivity index (χ1) is 9.89. The normalized spacial score (nSPS) is 11.9. The fraction of sp³-hybridized carbons (Fsp3) is 0.533. The molecule has 0 atom stereocenters. The number of nitro groups is 1. The maximum Gasteiger partial charge on any atom is 0.439 e. The van der Waals surface area contributed by atoms with Gasteiger partial charge in [-0.3, -0.25) is 15.0 Å². The highest BCUT2D eigenvalue weighted by Crippen LogP contribution is 2.25. The fourth-order valence-corrected chi connectivity index (χ4v) is 1.48. The van der Waals surface area contributed by atoms with Crippen LogP contribution in [0.2, 0.25) is 0 Å². The molecular formula is C15H22N2O5. The van der Waals surface area contributed by atoms with E-state index in [9.17, 15) is 14.9 Å². The molecule has 22 heavy (non-hydrogen) atoms. The molecule has 122 valence electrons. The van der Waals surface area contributed by atoms with E-state index in [0.717, 1.165) is 5.06 Å². The van der Waals surface area contributed by atoms with Crippen molar-refractivity contribution in [2.45, 2.75) is 52.7 Å². The number of carbonyl (C=O) groups is 1. The van der Waals surface area contributed by atoms with Crippen molar-refractivity contribution in [3.8, 4) is 0 Å². The summed E-state index contributed by atoms with van der Waals surface area (Å²) in [6.07, 6.45) is -0.684. The van der Waals surface area contributed by atoms with Crippen LogP contribution in [-0.2, 0) is 9.57 Å². The molecule has 1 aromatic carbocycles. The van der Waals surface area contributed by atoms with Crippen LogP contribution in [0, 0.1) is 10.1 Å². The average molecular weight is 310 g/mol. The van der Waals surface area contributed by atoms with Crippen LogP contribution in [0.15, 0.2) is 24.3 Å². The van der Waals surface area contributed by atoms with Crippen LogP contribution in [-0.4, -0.2) is 22.2 Å². The van der Waals surface area contributed by atoms with Gasteiger partial charge in [0.15, 0.2) is 0 Å². The molecule has 0 aliphatic heterocycles. The van der Waals surface area contributed by atoms with Gasteiger partial charge in [0, 0.05) is 12.1 Å². The molecule has 0 N–H and O–H groups in total. The van der Waals surface area contributed by atoms with E-state index in [-0.39, 0.29) is 5.69 Å². The van der Waals surface area contributed by atoms with E-state index in [1.807, 2.05) is 0 Å². The molecule has 1 rings (SSSR count). The smallest absolute Gasteiger partial charge is 0.439 e. The van der Waals surface area contributed by atoms with Gasteiger partial charge in [-0.2, -0.15) is 5.06 Å². The maximum atomic E-state index is 12.3. The lowest BCUT2D eigenvalue weighted by Crippen LogP contribution is -2.41. The minimum Gasteiger partial charge on any atom is -0.442 e. The van der Waals surface area contributed by atoms with Crippen LogP contribution in [0.5, 0.6) is 0 Å². The second-order valence-electron chi connectivity index (χ2n) is 6.75. The topological polar surface area (TPSA) is 81.9 Å². The molecule has 0 bridgehead atoms. The molecule has 1 aromatic rings. The molecule has 0 aliphatic carbocycles. The number of ether oxygens (including phenoxy) is 1. The Hall–Kier alpha value is -2.15. The van der Waals surface area contributed by atoms with Gasteiger partial charge in [0.1, 0.15) is 5.60 Å². The SMILES string of the molecule is CC(C)(C)OC(=O)N(OC(C)(C)C)c1ccc([N+](=O)[O-])cc1. The number of anilines is 1. The van der Waals surface area contributed by atoms with Crippen molar-refractivity contribution in [1.82, 2.24) is 0 Å². The molecule has 0 heterocycles. The quantitative estimate of drug-likeness (QED) is 0.621. The third-order valence-corrected chi connectivity index (χ3v) is 2.22. The van der Waals surface area contributed by atoms with E-state index in [1.54, 1.807) is 41.5 Å². The van der Waals surface area contributed by atoms with Gasteiger partial charge < -0.3 is 4.74 Å². The second kappa shape index (κ2) is 6.31. The van der Waals surface area contributed by atoms with Crippen LogP contribution in [0.4, 0.5) is 16.2 Å². The molecule has 1 amide bonds. The van der Waals surface area contributed by atoms with Gasteiger partial charge in [0.05, 0.1) is 16.2 Å². The van der Waals surface area contributed by atoms with Crippen LogP contribution >= 0.6 is 0 Å². The van der Waals surface area contributed by atoms with Crippen molar-refractivity contribution in [3.63, 3.8) is 0 Å². The second-order valence-corrected chi connectivity index (χ2v) is 6.75. The van der Waals surface area contributed by atoms with Gasteiger partial charge in [-0.25, -0.2) is 4.79 Å². The summed E-state index contributed by atoms with van der Waals surface area (Å²) < 4.78 is 5.31. The van der Waals surface area contributed by atoms with Gasteiger partial charge in [-0.15, -0.1) is 0 Å². The minimum atomic E-state index is -0.684. The summed E-state index contributed by atoms with van der Waals surface area (Å²) in [5.41, 5.74) is -1.03. The Balaban J connectivity index is 3.09. The van der Waals surface area contributed by atoms with E-state index >= 15 is 0 Å². The summed E-state index contributed by atoms with van der Waals surface area (Å²) in [7, 11) is 0. The fourth-order valence-electron chi connectivity index (χ4n) is 1.48. The standard InChI is InChI=1S/C15H22N2O5/c1-14(2,3)21-13(18)16(22-15(4,5)6)11-7-9-12(10-8-11)17(19)20/h7-10H,1-6H3. The summed E-state index contributed by atoms with van der Waals surface area (Å²) in [5.74, 6) is 0. The number of hydroxylamine groups is 1. The third kappa shape index (κ3) is 5.69. The number of hydrogen-bond acceptors (Lipinski definition) is 5. The van der Waals surface area contributed by atoms with E-state index in [0.29, 0.717) is 5.69 Å². The molecule has 0 aliphatic rings. The van der Waals surface area contributed by atoms with Gasteiger partial charge in [-0.1, -0.05) is 0 Å². The predicted molar refractivity (Wildman–Crippen MR) is 82.6 cm³/mol. The highest BCUT2D eigenvalue weighted by atomic mass is 16.7. The summed E-state index contributed by atoms with van der Waals surface area (Å²) in [4.78, 5) is 28.1. The molecular weight excluding hydrogens is 288 g/mol.